The van der Waals surface area contributed by atoms with Crippen LogP contribution >= 0.6 is 0 Å². The number of hydrogen-bond acceptors (Lipinski definition) is 4. The van der Waals surface area contributed by atoms with E-state index in [-0.39, 0.29) is 28.9 Å². The molecule has 0 aliphatic heterocycles. The molecule has 0 bridgehead atoms. The molecule has 197 valence electrons. The number of carbonyl (C=O) groups is 2. The van der Waals surface area contributed by atoms with Crippen LogP contribution in [-0.2, 0) is 26.7 Å². The average Bonchev–Trinajstić information content (AvgIpc) is 2.80. The predicted molar refractivity (Wildman–Crippen MR) is 128 cm³/mol. The summed E-state index contributed by atoms with van der Waals surface area (Å²) in [6.07, 6.45) is 23.9. The Bertz CT molecular complexity index is 436. The van der Waals surface area contributed by atoms with Crippen molar-refractivity contribution in [2.45, 2.75) is 142 Å². The van der Waals surface area contributed by atoms with Crippen LogP contribution in [0.3, 0.4) is 0 Å². The molecule has 0 atom stereocenters. The van der Waals surface area contributed by atoms with Gasteiger partial charge >= 0.3 is 17.1 Å². The van der Waals surface area contributed by atoms with Crippen LogP contribution in [-0.4, -0.2) is 11.9 Å². The summed E-state index contributed by atoms with van der Waals surface area (Å²) in [5.74, 6) is -0.398. The summed E-state index contributed by atoms with van der Waals surface area (Å²) < 4.78 is 0. The third-order valence-corrected chi connectivity index (χ3v) is 7.79. The SMILES string of the molecule is CCCCCCCC1CCC(C(=O)[O-])CC1.CCCCCCCC1CCC(C(=O)[O-])CC1.[Cu+2]. The first-order valence-corrected chi connectivity index (χ1v) is 13.9. The summed E-state index contributed by atoms with van der Waals surface area (Å²) in [4.78, 5) is 21.4. The molecule has 0 aromatic carbocycles. The largest absolute Gasteiger partial charge is 2.00 e. The summed E-state index contributed by atoms with van der Waals surface area (Å²) >= 11 is 0. The van der Waals surface area contributed by atoms with Crippen molar-refractivity contribution < 1.29 is 36.9 Å². The van der Waals surface area contributed by atoms with Crippen LogP contribution in [0.25, 0.3) is 0 Å². The summed E-state index contributed by atoms with van der Waals surface area (Å²) in [5, 5.41) is 21.4. The van der Waals surface area contributed by atoms with Crippen molar-refractivity contribution in [1.82, 2.24) is 0 Å². The fourth-order valence-electron chi connectivity index (χ4n) is 5.45. The number of carbonyl (C=O) groups excluding carboxylic acids is 2. The van der Waals surface area contributed by atoms with Gasteiger partial charge in [-0.2, -0.15) is 0 Å². The zero-order chi connectivity index (χ0) is 23.6. The van der Waals surface area contributed by atoms with E-state index in [2.05, 4.69) is 13.8 Å². The van der Waals surface area contributed by atoms with Crippen LogP contribution in [0.5, 0.6) is 0 Å². The second-order valence-corrected chi connectivity index (χ2v) is 10.5. The molecule has 0 amide bonds. The van der Waals surface area contributed by atoms with Crippen LogP contribution in [0.1, 0.15) is 142 Å². The number of aliphatic carboxylic acids is 2. The first-order valence-electron chi connectivity index (χ1n) is 13.9. The quantitative estimate of drug-likeness (QED) is 0.217. The summed E-state index contributed by atoms with van der Waals surface area (Å²) in [6.45, 7) is 4.47. The van der Waals surface area contributed by atoms with Gasteiger partial charge in [-0.3, -0.25) is 0 Å². The molecule has 4 nitrogen and oxygen atoms in total. The molecular formula is C28H50CuO4. The van der Waals surface area contributed by atoms with Gasteiger partial charge in [0, 0.05) is 11.9 Å². The molecule has 2 aliphatic rings. The second kappa shape index (κ2) is 20.8. The van der Waals surface area contributed by atoms with Crippen LogP contribution in [0.4, 0.5) is 0 Å². The van der Waals surface area contributed by atoms with Crippen LogP contribution in [0.15, 0.2) is 0 Å². The third kappa shape index (κ3) is 15.9. The number of carboxylic acids is 2. The van der Waals surface area contributed by atoms with Crippen molar-refractivity contribution in [3.05, 3.63) is 0 Å². The van der Waals surface area contributed by atoms with Gasteiger partial charge in [0.05, 0.1) is 0 Å². The van der Waals surface area contributed by atoms with E-state index < -0.39 is 11.9 Å². The van der Waals surface area contributed by atoms with Gasteiger partial charge in [0.15, 0.2) is 0 Å². The molecule has 33 heavy (non-hydrogen) atoms. The minimum atomic E-state index is -0.832. The van der Waals surface area contributed by atoms with E-state index in [1.165, 1.54) is 77.0 Å². The maximum atomic E-state index is 10.7. The maximum absolute atomic E-state index is 10.7. The Morgan fingerprint density at radius 2 is 0.848 bits per heavy atom. The van der Waals surface area contributed by atoms with Gasteiger partial charge < -0.3 is 19.8 Å². The average molecular weight is 514 g/mol. The summed E-state index contributed by atoms with van der Waals surface area (Å²) in [7, 11) is 0. The van der Waals surface area contributed by atoms with Gasteiger partial charge in [-0.05, 0) is 75.0 Å². The monoisotopic (exact) mass is 513 g/mol. The molecule has 0 aromatic rings. The van der Waals surface area contributed by atoms with E-state index in [1.54, 1.807) is 0 Å². The van der Waals surface area contributed by atoms with E-state index in [1.807, 2.05) is 0 Å². The van der Waals surface area contributed by atoms with Crippen molar-refractivity contribution in [2.24, 2.45) is 23.7 Å². The molecule has 2 aliphatic carbocycles. The number of hydrogen-bond donors (Lipinski definition) is 0. The Morgan fingerprint density at radius 3 is 1.12 bits per heavy atom. The molecule has 0 saturated heterocycles. The molecular weight excluding hydrogens is 464 g/mol. The van der Waals surface area contributed by atoms with Crippen molar-refractivity contribution in [2.75, 3.05) is 0 Å². The van der Waals surface area contributed by atoms with Gasteiger partial charge in [0.1, 0.15) is 0 Å². The zero-order valence-electron chi connectivity index (χ0n) is 21.4. The topological polar surface area (TPSA) is 80.3 Å². The molecule has 0 N–H and O–H groups in total. The van der Waals surface area contributed by atoms with Gasteiger partial charge in [-0.15, -0.1) is 0 Å². The molecule has 0 spiro atoms. The van der Waals surface area contributed by atoms with E-state index in [0.717, 1.165) is 63.2 Å². The fraction of sp³-hybridized carbons (Fsp3) is 0.929. The molecule has 5 heteroatoms. The molecule has 0 unspecified atom stereocenters. The first-order chi connectivity index (χ1) is 15.5. The van der Waals surface area contributed by atoms with Gasteiger partial charge in [0.25, 0.3) is 0 Å². The van der Waals surface area contributed by atoms with E-state index in [0.29, 0.717) is 0 Å². The van der Waals surface area contributed by atoms with Crippen molar-refractivity contribution >= 4 is 11.9 Å². The standard InChI is InChI=1S/2C14H26O2.Cu/c2*1-2-3-4-5-6-7-12-8-10-13(11-9-12)14(15)16;/h2*12-13H,2-11H2,1H3,(H,15,16);/q;;+2/p-2. The summed E-state index contributed by atoms with van der Waals surface area (Å²) in [6, 6.07) is 0. The second-order valence-electron chi connectivity index (χ2n) is 10.5. The Hall–Kier alpha value is -0.541. The van der Waals surface area contributed by atoms with Gasteiger partial charge in [-0.25, -0.2) is 0 Å². The third-order valence-electron chi connectivity index (χ3n) is 7.79. The molecule has 0 heterocycles. The van der Waals surface area contributed by atoms with E-state index in [4.69, 9.17) is 0 Å². The number of carboxylic acid groups (broad SMARTS) is 2. The Morgan fingerprint density at radius 1 is 0.545 bits per heavy atom. The molecule has 1 radical (unpaired) electrons. The van der Waals surface area contributed by atoms with Crippen molar-refractivity contribution in [3.63, 3.8) is 0 Å². The van der Waals surface area contributed by atoms with Crippen LogP contribution < -0.4 is 10.2 Å². The van der Waals surface area contributed by atoms with E-state index >= 15 is 0 Å². The molecule has 2 fully saturated rings. The zero-order valence-corrected chi connectivity index (χ0v) is 22.3. The summed E-state index contributed by atoms with van der Waals surface area (Å²) in [5.41, 5.74) is 0. The number of unbranched alkanes of at least 4 members (excludes halogenated alkanes) is 8. The number of rotatable bonds is 14. The minimum Gasteiger partial charge on any atom is -0.550 e. The predicted octanol–water partition coefficient (Wildman–Crippen LogP) is 5.80. The molecule has 2 saturated carbocycles. The van der Waals surface area contributed by atoms with Gasteiger partial charge in [-0.1, -0.05) is 90.9 Å². The van der Waals surface area contributed by atoms with Crippen molar-refractivity contribution in [1.29, 1.82) is 0 Å². The molecule has 0 aromatic heterocycles. The molecule has 2 rings (SSSR count). The van der Waals surface area contributed by atoms with Gasteiger partial charge in [0.2, 0.25) is 0 Å². The Kier molecular flexibility index (Phi) is 20.5. The Balaban J connectivity index is 0.000000602. The maximum Gasteiger partial charge on any atom is 2.00 e. The Labute approximate surface area is 214 Å². The van der Waals surface area contributed by atoms with Crippen molar-refractivity contribution in [3.8, 4) is 0 Å². The van der Waals surface area contributed by atoms with E-state index in [9.17, 15) is 19.8 Å². The first kappa shape index (κ1) is 32.5. The normalized spacial score (nSPS) is 24.8. The van der Waals surface area contributed by atoms with Crippen LogP contribution in [0.2, 0.25) is 0 Å². The van der Waals surface area contributed by atoms with Crippen LogP contribution in [0, 0.1) is 23.7 Å². The smallest absolute Gasteiger partial charge is 0.550 e. The fourth-order valence-corrected chi connectivity index (χ4v) is 5.45. The minimum absolute atomic E-state index is 0.